The highest BCUT2D eigenvalue weighted by molar-refractivity contribution is 7.89. The minimum absolute atomic E-state index is 0.182. The Labute approximate surface area is 111 Å². The quantitative estimate of drug-likeness (QED) is 0.701. The predicted molar refractivity (Wildman–Crippen MR) is 64.4 cm³/mol. The van der Waals surface area contributed by atoms with Gasteiger partial charge in [-0.3, -0.25) is 4.68 Å². The summed E-state index contributed by atoms with van der Waals surface area (Å²) in [6, 6.07) is 0. The molecule has 1 aliphatic heterocycles. The molecule has 1 aromatic rings. The smallest absolute Gasteiger partial charge is 0.246 e. The zero-order valence-electron chi connectivity index (χ0n) is 10.9. The number of carbonyl (C=O) groups is 1. The third kappa shape index (κ3) is 2.50. The molecule has 0 bridgehead atoms. The lowest BCUT2D eigenvalue weighted by molar-refractivity contribution is -0.312. The van der Waals surface area contributed by atoms with Crippen molar-refractivity contribution in [1.82, 2.24) is 14.1 Å². The van der Waals surface area contributed by atoms with E-state index in [4.69, 9.17) is 0 Å². The van der Waals surface area contributed by atoms with Crippen LogP contribution in [0.4, 0.5) is 0 Å². The van der Waals surface area contributed by atoms with Gasteiger partial charge in [-0.2, -0.15) is 9.40 Å². The van der Waals surface area contributed by atoms with Gasteiger partial charge in [0.25, 0.3) is 0 Å². The molecule has 2 rings (SSSR count). The maximum Gasteiger partial charge on any atom is 0.246 e. The molecule has 0 N–H and O–H groups in total. The maximum atomic E-state index is 12.4. The van der Waals surface area contributed by atoms with Crippen LogP contribution in [-0.2, 0) is 21.9 Å². The highest BCUT2D eigenvalue weighted by Gasteiger charge is 2.31. The Morgan fingerprint density at radius 1 is 1.42 bits per heavy atom. The first-order valence-electron chi connectivity index (χ1n) is 6.03. The number of aryl methyl sites for hydroxylation is 1. The maximum absolute atomic E-state index is 12.4. The number of carbonyl (C=O) groups excluding carboxylic acids is 1. The van der Waals surface area contributed by atoms with Crippen molar-refractivity contribution in [3.8, 4) is 0 Å². The van der Waals surface area contributed by atoms with Crippen LogP contribution in [0.2, 0.25) is 0 Å². The van der Waals surface area contributed by atoms with E-state index in [-0.39, 0.29) is 18.0 Å². The van der Waals surface area contributed by atoms with Crippen LogP contribution in [0.3, 0.4) is 0 Å². The molecule has 1 fully saturated rings. The van der Waals surface area contributed by atoms with E-state index in [1.54, 1.807) is 14.0 Å². The number of carboxylic acid groups (broad SMARTS) is 1. The van der Waals surface area contributed by atoms with E-state index in [1.165, 1.54) is 15.2 Å². The minimum Gasteiger partial charge on any atom is -0.550 e. The lowest BCUT2D eigenvalue weighted by atomic mass is 9.99. The van der Waals surface area contributed by atoms with Gasteiger partial charge in [-0.15, -0.1) is 0 Å². The van der Waals surface area contributed by atoms with Gasteiger partial charge in [-0.1, -0.05) is 0 Å². The lowest BCUT2D eigenvalue weighted by Gasteiger charge is -2.31. The van der Waals surface area contributed by atoms with E-state index >= 15 is 0 Å². The Morgan fingerprint density at radius 2 is 2.00 bits per heavy atom. The van der Waals surface area contributed by atoms with Crippen molar-refractivity contribution in [1.29, 1.82) is 0 Å². The van der Waals surface area contributed by atoms with Crippen LogP contribution in [0.25, 0.3) is 0 Å². The molecule has 0 radical (unpaired) electrons. The fourth-order valence-electron chi connectivity index (χ4n) is 2.20. The molecule has 0 spiro atoms. The second kappa shape index (κ2) is 4.93. The molecule has 0 unspecified atom stereocenters. The monoisotopic (exact) mass is 286 g/mol. The number of sulfonamides is 1. The Hall–Kier alpha value is -1.41. The molecule has 1 aliphatic rings. The van der Waals surface area contributed by atoms with Crippen molar-refractivity contribution in [2.75, 3.05) is 13.1 Å². The van der Waals surface area contributed by atoms with E-state index in [1.807, 2.05) is 0 Å². The average molecular weight is 286 g/mol. The third-order valence-electron chi connectivity index (χ3n) is 3.60. The molecule has 0 amide bonds. The summed E-state index contributed by atoms with van der Waals surface area (Å²) in [6.07, 6.45) is 1.91. The number of aromatic nitrogens is 2. The largest absolute Gasteiger partial charge is 0.550 e. The molecule has 7 nitrogen and oxygen atoms in total. The predicted octanol–water partition coefficient (Wildman–Crippen LogP) is -1.12. The number of rotatable bonds is 3. The van der Waals surface area contributed by atoms with Crippen LogP contribution in [0.1, 0.15) is 18.5 Å². The van der Waals surface area contributed by atoms with Crippen molar-refractivity contribution in [3.05, 3.63) is 11.9 Å². The summed E-state index contributed by atoms with van der Waals surface area (Å²) in [5, 5.41) is 14.7. The lowest BCUT2D eigenvalue weighted by Crippen LogP contribution is -2.43. The second-order valence-electron chi connectivity index (χ2n) is 4.72. The third-order valence-corrected chi connectivity index (χ3v) is 5.60. The van der Waals surface area contributed by atoms with Gasteiger partial charge in [0, 0.05) is 32.0 Å². The molecule has 1 aromatic heterocycles. The van der Waals surface area contributed by atoms with Crippen LogP contribution in [-0.4, -0.2) is 41.6 Å². The standard InChI is InChI=1S/C11H17N3O4S/c1-8-10(7-12-13(8)2)19(17,18)14-5-3-9(4-6-14)11(15)16/h7,9H,3-6H2,1-2H3,(H,15,16)/p-1. The first kappa shape index (κ1) is 14.0. The summed E-state index contributed by atoms with van der Waals surface area (Å²) in [4.78, 5) is 10.9. The number of carboxylic acids is 1. The Balaban J connectivity index is 2.19. The van der Waals surface area contributed by atoms with Crippen molar-refractivity contribution in [2.45, 2.75) is 24.7 Å². The van der Waals surface area contributed by atoms with Crippen LogP contribution in [0.5, 0.6) is 0 Å². The van der Waals surface area contributed by atoms with E-state index in [0.717, 1.165) is 0 Å². The van der Waals surface area contributed by atoms with Crippen molar-refractivity contribution >= 4 is 16.0 Å². The van der Waals surface area contributed by atoms with Gasteiger partial charge in [0.05, 0.1) is 11.9 Å². The van der Waals surface area contributed by atoms with Gasteiger partial charge < -0.3 is 9.90 Å². The summed E-state index contributed by atoms with van der Waals surface area (Å²) >= 11 is 0. The highest BCUT2D eigenvalue weighted by atomic mass is 32.2. The first-order chi connectivity index (χ1) is 8.84. The molecular formula is C11H16N3O4S-. The minimum atomic E-state index is -3.58. The molecule has 1 saturated heterocycles. The first-order valence-corrected chi connectivity index (χ1v) is 7.47. The van der Waals surface area contributed by atoms with E-state index in [9.17, 15) is 18.3 Å². The van der Waals surface area contributed by atoms with Crippen LogP contribution >= 0.6 is 0 Å². The summed E-state index contributed by atoms with van der Waals surface area (Å²) in [5.41, 5.74) is 0.571. The number of nitrogens with zero attached hydrogens (tertiary/aromatic N) is 3. The number of hydrogen-bond acceptors (Lipinski definition) is 5. The van der Waals surface area contributed by atoms with Crippen LogP contribution < -0.4 is 5.11 Å². The molecule has 0 saturated carbocycles. The van der Waals surface area contributed by atoms with Gasteiger partial charge in [0.1, 0.15) is 4.90 Å². The zero-order chi connectivity index (χ0) is 14.2. The van der Waals surface area contributed by atoms with Gasteiger partial charge in [-0.05, 0) is 19.8 Å². The summed E-state index contributed by atoms with van der Waals surface area (Å²) in [5.74, 6) is -1.66. The van der Waals surface area contributed by atoms with Gasteiger partial charge in [0.15, 0.2) is 0 Å². The van der Waals surface area contributed by atoms with Crippen molar-refractivity contribution < 1.29 is 18.3 Å². The Bertz CT molecular complexity index is 585. The zero-order valence-corrected chi connectivity index (χ0v) is 11.7. The Morgan fingerprint density at radius 3 is 2.42 bits per heavy atom. The van der Waals surface area contributed by atoms with E-state index in [2.05, 4.69) is 5.10 Å². The van der Waals surface area contributed by atoms with Crippen molar-refractivity contribution in [2.24, 2.45) is 13.0 Å². The van der Waals surface area contributed by atoms with Crippen LogP contribution in [0.15, 0.2) is 11.1 Å². The molecule has 19 heavy (non-hydrogen) atoms. The number of aliphatic carboxylic acids is 1. The Kier molecular flexibility index (Phi) is 3.64. The molecule has 2 heterocycles. The van der Waals surface area contributed by atoms with Gasteiger partial charge >= 0.3 is 0 Å². The second-order valence-corrected chi connectivity index (χ2v) is 6.62. The summed E-state index contributed by atoms with van der Waals surface area (Å²) < 4.78 is 27.6. The fourth-order valence-corrected chi connectivity index (χ4v) is 3.86. The van der Waals surface area contributed by atoms with Gasteiger partial charge in [-0.25, -0.2) is 8.42 Å². The number of hydrogen-bond donors (Lipinski definition) is 0. The van der Waals surface area contributed by atoms with Crippen molar-refractivity contribution in [3.63, 3.8) is 0 Å². The molecule has 106 valence electrons. The summed E-state index contributed by atoms with van der Waals surface area (Å²) in [6.45, 7) is 2.10. The van der Waals surface area contributed by atoms with E-state index < -0.39 is 21.9 Å². The molecular weight excluding hydrogens is 270 g/mol. The normalized spacial score (nSPS) is 18.6. The number of piperidine rings is 1. The molecule has 8 heteroatoms. The average Bonchev–Trinajstić information content (AvgIpc) is 2.70. The molecule has 0 aromatic carbocycles. The SMILES string of the molecule is Cc1c(S(=O)(=O)N2CCC(C(=O)[O-])CC2)cnn1C. The fraction of sp³-hybridized carbons (Fsp3) is 0.636. The van der Waals surface area contributed by atoms with Crippen LogP contribution in [0, 0.1) is 12.8 Å². The van der Waals surface area contributed by atoms with Gasteiger partial charge in [0.2, 0.25) is 10.0 Å². The van der Waals surface area contributed by atoms with E-state index in [0.29, 0.717) is 18.5 Å². The molecule has 0 atom stereocenters. The highest BCUT2D eigenvalue weighted by Crippen LogP contribution is 2.24. The summed E-state index contributed by atoms with van der Waals surface area (Å²) in [7, 11) is -1.91. The topological polar surface area (TPSA) is 95.3 Å². The molecule has 0 aliphatic carbocycles.